The summed E-state index contributed by atoms with van der Waals surface area (Å²) in [4.78, 5) is 21.0. The van der Waals surface area contributed by atoms with Gasteiger partial charge in [0.2, 0.25) is 0 Å². The second kappa shape index (κ2) is 7.35. The molecule has 132 valence electrons. The van der Waals surface area contributed by atoms with Crippen LogP contribution in [0.25, 0.3) is 0 Å². The second-order valence-corrected chi connectivity index (χ2v) is 6.45. The first-order chi connectivity index (χ1) is 12.4. The van der Waals surface area contributed by atoms with Crippen molar-refractivity contribution in [2.45, 2.75) is 27.7 Å². The van der Waals surface area contributed by atoms with Gasteiger partial charge in [0.25, 0.3) is 5.91 Å². The van der Waals surface area contributed by atoms with Crippen molar-refractivity contribution in [2.75, 3.05) is 10.6 Å². The van der Waals surface area contributed by atoms with E-state index in [-0.39, 0.29) is 11.6 Å². The van der Waals surface area contributed by atoms with Crippen molar-refractivity contribution in [1.29, 1.82) is 0 Å². The van der Waals surface area contributed by atoms with Crippen LogP contribution in [0.1, 0.15) is 32.7 Å². The normalized spacial score (nSPS) is 10.5. The lowest BCUT2D eigenvalue weighted by molar-refractivity contribution is 0.102. The zero-order valence-electron chi connectivity index (χ0n) is 15.4. The van der Waals surface area contributed by atoms with Crippen LogP contribution in [-0.4, -0.2) is 15.9 Å². The van der Waals surface area contributed by atoms with E-state index in [0.717, 1.165) is 28.1 Å². The van der Waals surface area contributed by atoms with Gasteiger partial charge in [0.1, 0.15) is 11.5 Å². The van der Waals surface area contributed by atoms with Gasteiger partial charge in [-0.2, -0.15) is 0 Å². The number of carbonyl (C=O) groups is 1. The van der Waals surface area contributed by atoms with Crippen molar-refractivity contribution in [3.05, 3.63) is 76.7 Å². The summed E-state index contributed by atoms with van der Waals surface area (Å²) in [6.45, 7) is 8.02. The minimum Gasteiger partial charge on any atom is -0.339 e. The van der Waals surface area contributed by atoms with E-state index in [4.69, 9.17) is 0 Å². The van der Waals surface area contributed by atoms with Crippen LogP contribution in [0.3, 0.4) is 0 Å². The van der Waals surface area contributed by atoms with Gasteiger partial charge in [0.15, 0.2) is 0 Å². The molecule has 3 rings (SSSR count). The molecular formula is C21H22N4O. The van der Waals surface area contributed by atoms with Crippen LogP contribution in [0, 0.1) is 27.7 Å². The molecule has 1 aromatic heterocycles. The molecule has 3 aromatic rings. The average molecular weight is 346 g/mol. The molecule has 0 aliphatic carbocycles. The van der Waals surface area contributed by atoms with Gasteiger partial charge in [-0.25, -0.2) is 9.97 Å². The molecule has 0 bridgehead atoms. The number of anilines is 3. The van der Waals surface area contributed by atoms with Crippen LogP contribution in [0.15, 0.2) is 48.8 Å². The fraction of sp³-hybridized carbons (Fsp3) is 0.190. The Morgan fingerprint density at radius 1 is 0.885 bits per heavy atom. The minimum atomic E-state index is -0.269. The number of hydrogen-bond donors (Lipinski definition) is 2. The number of para-hydroxylation sites is 1. The van der Waals surface area contributed by atoms with Crippen molar-refractivity contribution in [3.63, 3.8) is 0 Å². The third-order valence-electron chi connectivity index (χ3n) is 4.21. The average Bonchev–Trinajstić information content (AvgIpc) is 2.60. The smallest absolute Gasteiger partial charge is 0.275 e. The van der Waals surface area contributed by atoms with E-state index in [2.05, 4.69) is 20.6 Å². The largest absolute Gasteiger partial charge is 0.339 e. The van der Waals surface area contributed by atoms with Crippen LogP contribution in [0.2, 0.25) is 0 Å². The van der Waals surface area contributed by atoms with E-state index < -0.39 is 0 Å². The zero-order valence-corrected chi connectivity index (χ0v) is 15.4. The molecule has 5 nitrogen and oxygen atoms in total. The highest BCUT2D eigenvalue weighted by Crippen LogP contribution is 2.22. The van der Waals surface area contributed by atoms with Gasteiger partial charge in [-0.15, -0.1) is 0 Å². The topological polar surface area (TPSA) is 66.9 Å². The molecule has 0 unspecified atom stereocenters. The second-order valence-electron chi connectivity index (χ2n) is 6.45. The number of nitrogens with one attached hydrogen (secondary N) is 2. The predicted octanol–water partition coefficient (Wildman–Crippen LogP) is 4.71. The third kappa shape index (κ3) is 3.88. The third-order valence-corrected chi connectivity index (χ3v) is 4.21. The summed E-state index contributed by atoms with van der Waals surface area (Å²) >= 11 is 0. The van der Waals surface area contributed by atoms with E-state index in [1.165, 1.54) is 11.8 Å². The van der Waals surface area contributed by atoms with Crippen LogP contribution in [0.4, 0.5) is 17.2 Å². The van der Waals surface area contributed by atoms with Crippen molar-refractivity contribution >= 4 is 23.1 Å². The summed E-state index contributed by atoms with van der Waals surface area (Å²) in [5.41, 5.74) is 6.41. The maximum atomic E-state index is 12.5. The van der Waals surface area contributed by atoms with Crippen LogP contribution in [-0.2, 0) is 0 Å². The van der Waals surface area contributed by atoms with Gasteiger partial charge in [-0.1, -0.05) is 35.9 Å². The van der Waals surface area contributed by atoms with E-state index in [1.54, 1.807) is 6.20 Å². The first-order valence-corrected chi connectivity index (χ1v) is 8.48. The Balaban J connectivity index is 1.74. The summed E-state index contributed by atoms with van der Waals surface area (Å²) < 4.78 is 0. The lowest BCUT2D eigenvalue weighted by atomic mass is 10.1. The molecule has 1 amide bonds. The highest BCUT2D eigenvalue weighted by molar-refractivity contribution is 6.03. The number of rotatable bonds is 4. The summed E-state index contributed by atoms with van der Waals surface area (Å²) in [6.07, 6.45) is 3.05. The van der Waals surface area contributed by atoms with E-state index in [0.29, 0.717) is 5.82 Å². The van der Waals surface area contributed by atoms with E-state index in [1.807, 2.05) is 64.1 Å². The maximum absolute atomic E-state index is 12.5. The van der Waals surface area contributed by atoms with Crippen LogP contribution >= 0.6 is 0 Å². The highest BCUT2D eigenvalue weighted by atomic mass is 16.1. The molecule has 0 aliphatic rings. The van der Waals surface area contributed by atoms with E-state index in [9.17, 15) is 4.79 Å². The highest BCUT2D eigenvalue weighted by Gasteiger charge is 2.12. The zero-order chi connectivity index (χ0) is 18.7. The Morgan fingerprint density at radius 3 is 2.19 bits per heavy atom. The van der Waals surface area contributed by atoms with Crippen molar-refractivity contribution in [3.8, 4) is 0 Å². The molecule has 26 heavy (non-hydrogen) atoms. The summed E-state index contributed by atoms with van der Waals surface area (Å²) in [5, 5.41) is 6.15. The van der Waals surface area contributed by atoms with Crippen molar-refractivity contribution in [2.24, 2.45) is 0 Å². The minimum absolute atomic E-state index is 0.269. The van der Waals surface area contributed by atoms with Gasteiger partial charge in [-0.05, 0) is 50.5 Å². The molecule has 0 aliphatic heterocycles. The quantitative estimate of drug-likeness (QED) is 0.718. The Kier molecular flexibility index (Phi) is 4.98. The van der Waals surface area contributed by atoms with Gasteiger partial charge in [0.05, 0.1) is 12.4 Å². The SMILES string of the molecule is Cc1cc(C)c(NC(=O)c2cnc(Nc3ccccc3C)cn2)c(C)c1. The van der Waals surface area contributed by atoms with Crippen LogP contribution in [0.5, 0.6) is 0 Å². The van der Waals surface area contributed by atoms with Crippen LogP contribution < -0.4 is 10.6 Å². The molecule has 0 atom stereocenters. The predicted molar refractivity (Wildman–Crippen MR) is 105 cm³/mol. The van der Waals surface area contributed by atoms with Crippen molar-refractivity contribution in [1.82, 2.24) is 9.97 Å². The molecule has 2 N–H and O–H groups in total. The standard InChI is InChI=1S/C21H22N4O/c1-13-9-15(3)20(16(4)10-13)25-21(26)18-11-23-19(12-22-18)24-17-8-6-5-7-14(17)2/h5-12H,1-4H3,(H,23,24)(H,25,26). The molecule has 0 saturated heterocycles. The lowest BCUT2D eigenvalue weighted by Crippen LogP contribution is -2.16. The Hall–Kier alpha value is -3.21. The maximum Gasteiger partial charge on any atom is 0.275 e. The van der Waals surface area contributed by atoms with E-state index >= 15 is 0 Å². The number of hydrogen-bond acceptors (Lipinski definition) is 4. The fourth-order valence-corrected chi connectivity index (χ4v) is 2.92. The van der Waals surface area contributed by atoms with Gasteiger partial charge in [-0.3, -0.25) is 4.79 Å². The lowest BCUT2D eigenvalue weighted by Gasteiger charge is -2.13. The molecule has 5 heteroatoms. The Bertz CT molecular complexity index is 925. The van der Waals surface area contributed by atoms with Crippen molar-refractivity contribution < 1.29 is 4.79 Å². The monoisotopic (exact) mass is 346 g/mol. The number of carbonyl (C=O) groups excluding carboxylic acids is 1. The number of aryl methyl sites for hydroxylation is 4. The molecule has 0 fully saturated rings. The first-order valence-electron chi connectivity index (χ1n) is 8.48. The summed E-state index contributed by atoms with van der Waals surface area (Å²) in [5.74, 6) is 0.327. The molecule has 0 saturated carbocycles. The summed E-state index contributed by atoms with van der Waals surface area (Å²) in [7, 11) is 0. The number of benzene rings is 2. The van der Waals surface area contributed by atoms with Gasteiger partial charge in [0, 0.05) is 11.4 Å². The van der Waals surface area contributed by atoms with Gasteiger partial charge < -0.3 is 10.6 Å². The molecule has 2 aromatic carbocycles. The molecular weight excluding hydrogens is 324 g/mol. The number of aromatic nitrogens is 2. The fourth-order valence-electron chi connectivity index (χ4n) is 2.92. The first kappa shape index (κ1) is 17.6. The van der Waals surface area contributed by atoms with Gasteiger partial charge >= 0.3 is 0 Å². The molecule has 1 heterocycles. The number of nitrogens with zero attached hydrogens (tertiary/aromatic N) is 2. The molecule has 0 spiro atoms. The Morgan fingerprint density at radius 2 is 1.58 bits per heavy atom. The number of amides is 1. The Labute approximate surface area is 153 Å². The molecule has 0 radical (unpaired) electrons. The summed E-state index contributed by atoms with van der Waals surface area (Å²) in [6, 6.07) is 12.0.